The molecule has 0 spiro atoms. The van der Waals surface area contributed by atoms with Gasteiger partial charge in [-0.3, -0.25) is 14.5 Å². The highest BCUT2D eigenvalue weighted by molar-refractivity contribution is 8.00. The van der Waals surface area contributed by atoms with Gasteiger partial charge in [-0.1, -0.05) is 36.4 Å². The number of aryl methyl sites for hydroxylation is 2. The van der Waals surface area contributed by atoms with Gasteiger partial charge in [0.2, 0.25) is 5.91 Å². The van der Waals surface area contributed by atoms with Crippen LogP contribution in [0, 0.1) is 19.7 Å². The van der Waals surface area contributed by atoms with E-state index in [1.165, 1.54) is 22.7 Å². The Hall–Kier alpha value is -3.12. The fourth-order valence-electron chi connectivity index (χ4n) is 3.50. The van der Waals surface area contributed by atoms with Crippen LogP contribution < -0.4 is 10.2 Å². The summed E-state index contributed by atoms with van der Waals surface area (Å²) >= 11 is 1.46. The van der Waals surface area contributed by atoms with Crippen LogP contribution >= 0.6 is 11.8 Å². The van der Waals surface area contributed by atoms with E-state index in [0.717, 1.165) is 16.7 Å². The summed E-state index contributed by atoms with van der Waals surface area (Å²) in [5, 5.41) is 2.59. The third-order valence-corrected chi connectivity index (χ3v) is 6.28. The summed E-state index contributed by atoms with van der Waals surface area (Å²) < 4.78 is 14.4. The van der Waals surface area contributed by atoms with Gasteiger partial charge in [0.05, 0.1) is 11.4 Å². The third kappa shape index (κ3) is 3.96. The molecule has 0 aliphatic carbocycles. The molecule has 1 aliphatic heterocycles. The van der Waals surface area contributed by atoms with E-state index in [9.17, 15) is 14.0 Å². The number of halogens is 1. The lowest BCUT2D eigenvalue weighted by Gasteiger charge is -2.25. The lowest BCUT2D eigenvalue weighted by atomic mass is 10.1. The van der Waals surface area contributed by atoms with E-state index in [0.29, 0.717) is 22.7 Å². The highest BCUT2D eigenvalue weighted by atomic mass is 32.2. The maximum Gasteiger partial charge on any atom is 0.255 e. The van der Waals surface area contributed by atoms with Crippen molar-refractivity contribution in [2.45, 2.75) is 19.2 Å². The van der Waals surface area contributed by atoms with Gasteiger partial charge >= 0.3 is 0 Å². The Kier molecular flexibility index (Phi) is 5.59. The molecule has 1 saturated heterocycles. The lowest BCUT2D eigenvalue weighted by molar-refractivity contribution is -0.115. The second-order valence-electron chi connectivity index (χ2n) is 7.27. The highest BCUT2D eigenvalue weighted by Gasteiger charge is 2.35. The molecule has 0 radical (unpaired) electrons. The van der Waals surface area contributed by atoms with Crippen molar-refractivity contribution in [2.24, 2.45) is 0 Å². The lowest BCUT2D eigenvalue weighted by Crippen LogP contribution is -2.28. The quantitative estimate of drug-likeness (QED) is 0.609. The summed E-state index contributed by atoms with van der Waals surface area (Å²) in [6.45, 7) is 3.77. The summed E-state index contributed by atoms with van der Waals surface area (Å²) in [6, 6.07) is 19.5. The Morgan fingerprint density at radius 2 is 1.80 bits per heavy atom. The van der Waals surface area contributed by atoms with Crippen LogP contribution in [0.2, 0.25) is 0 Å². The maximum absolute atomic E-state index is 14.4. The number of nitrogens with one attached hydrogen (secondary N) is 1. The number of benzene rings is 3. The van der Waals surface area contributed by atoms with E-state index < -0.39 is 5.82 Å². The molecular weight excluding hydrogens is 399 g/mol. The molecule has 1 N–H and O–H groups in total. The fourth-order valence-corrected chi connectivity index (χ4v) is 4.66. The van der Waals surface area contributed by atoms with Crippen LogP contribution in [0.15, 0.2) is 66.7 Å². The minimum atomic E-state index is -0.413. The van der Waals surface area contributed by atoms with Gasteiger partial charge in [-0.15, -0.1) is 11.8 Å². The van der Waals surface area contributed by atoms with E-state index in [2.05, 4.69) is 5.32 Å². The van der Waals surface area contributed by atoms with Gasteiger partial charge in [-0.2, -0.15) is 0 Å². The van der Waals surface area contributed by atoms with Crippen LogP contribution in [0.4, 0.5) is 15.8 Å². The minimum Gasteiger partial charge on any atom is -0.322 e. The third-order valence-electron chi connectivity index (χ3n) is 5.07. The number of anilines is 2. The van der Waals surface area contributed by atoms with Crippen LogP contribution in [-0.2, 0) is 4.79 Å². The monoisotopic (exact) mass is 420 g/mol. The molecule has 0 aromatic heterocycles. The van der Waals surface area contributed by atoms with Gasteiger partial charge in [-0.25, -0.2) is 4.39 Å². The van der Waals surface area contributed by atoms with Crippen molar-refractivity contribution in [3.05, 3.63) is 94.8 Å². The predicted octanol–water partition coefficient (Wildman–Crippen LogP) is 5.47. The zero-order chi connectivity index (χ0) is 21.3. The van der Waals surface area contributed by atoms with Crippen molar-refractivity contribution in [2.75, 3.05) is 16.0 Å². The number of hydrogen-bond donors (Lipinski definition) is 1. The Balaban J connectivity index is 1.56. The summed E-state index contributed by atoms with van der Waals surface area (Å²) in [5.74, 6) is -0.409. The average molecular weight is 421 g/mol. The van der Waals surface area contributed by atoms with Gasteiger partial charge < -0.3 is 5.32 Å². The predicted molar refractivity (Wildman–Crippen MR) is 119 cm³/mol. The molecule has 1 aliphatic rings. The Labute approximate surface area is 179 Å². The van der Waals surface area contributed by atoms with Crippen LogP contribution in [0.5, 0.6) is 0 Å². The standard InChI is InChI=1S/C24H21FN2O2S/c1-15-7-12-20(25)21(13-15)27-22(28)14-30-24(27)17-8-10-18(11-9-17)26-23(29)19-6-4-3-5-16(19)2/h3-13,24H,14H2,1-2H3,(H,26,29)/t24-/m0/s1. The smallest absolute Gasteiger partial charge is 0.255 e. The molecule has 2 amide bonds. The normalized spacial score (nSPS) is 16.0. The van der Waals surface area contributed by atoms with E-state index in [4.69, 9.17) is 0 Å². The second kappa shape index (κ2) is 8.32. The van der Waals surface area contributed by atoms with Crippen molar-refractivity contribution in [1.82, 2.24) is 0 Å². The summed E-state index contributed by atoms with van der Waals surface area (Å²) in [7, 11) is 0. The number of thioether (sulfide) groups is 1. The molecule has 3 aromatic carbocycles. The Morgan fingerprint density at radius 1 is 1.07 bits per heavy atom. The number of nitrogens with zero attached hydrogens (tertiary/aromatic N) is 1. The van der Waals surface area contributed by atoms with Crippen molar-refractivity contribution in [3.63, 3.8) is 0 Å². The first kappa shape index (κ1) is 20.2. The second-order valence-corrected chi connectivity index (χ2v) is 8.34. The summed E-state index contributed by atoms with van der Waals surface area (Å²) in [4.78, 5) is 26.5. The van der Waals surface area contributed by atoms with Gasteiger partial charge in [-0.05, 0) is 60.9 Å². The molecule has 1 atom stereocenters. The summed E-state index contributed by atoms with van der Waals surface area (Å²) in [5.41, 5.74) is 4.26. The molecular formula is C24H21FN2O2S. The number of carbonyl (C=O) groups is 2. The van der Waals surface area contributed by atoms with Gasteiger partial charge in [0.15, 0.2) is 0 Å². The minimum absolute atomic E-state index is 0.119. The fraction of sp³-hybridized carbons (Fsp3) is 0.167. The van der Waals surface area contributed by atoms with E-state index in [-0.39, 0.29) is 17.2 Å². The molecule has 152 valence electrons. The van der Waals surface area contributed by atoms with E-state index in [1.807, 2.05) is 44.2 Å². The first-order valence-corrected chi connectivity index (χ1v) is 10.7. The van der Waals surface area contributed by atoms with Gasteiger partial charge in [0, 0.05) is 11.3 Å². The molecule has 6 heteroatoms. The Morgan fingerprint density at radius 3 is 2.53 bits per heavy atom. The van der Waals surface area contributed by atoms with E-state index >= 15 is 0 Å². The van der Waals surface area contributed by atoms with Gasteiger partial charge in [0.25, 0.3) is 5.91 Å². The molecule has 0 bridgehead atoms. The number of hydrogen-bond acceptors (Lipinski definition) is 3. The maximum atomic E-state index is 14.4. The highest BCUT2D eigenvalue weighted by Crippen LogP contribution is 2.43. The molecule has 0 unspecified atom stereocenters. The molecule has 4 rings (SSSR count). The topological polar surface area (TPSA) is 49.4 Å². The molecule has 4 nitrogen and oxygen atoms in total. The van der Waals surface area contributed by atoms with Gasteiger partial charge in [0.1, 0.15) is 11.2 Å². The molecule has 1 heterocycles. The molecule has 0 saturated carbocycles. The van der Waals surface area contributed by atoms with Crippen molar-refractivity contribution in [3.8, 4) is 0 Å². The van der Waals surface area contributed by atoms with Crippen molar-refractivity contribution >= 4 is 35.0 Å². The number of carbonyl (C=O) groups excluding carboxylic acids is 2. The van der Waals surface area contributed by atoms with Crippen LogP contribution in [0.25, 0.3) is 0 Å². The zero-order valence-electron chi connectivity index (χ0n) is 16.7. The first-order chi connectivity index (χ1) is 14.4. The first-order valence-electron chi connectivity index (χ1n) is 9.61. The molecule has 1 fully saturated rings. The Bertz CT molecular complexity index is 1110. The molecule has 3 aromatic rings. The SMILES string of the molecule is Cc1ccc(F)c(N2C(=O)CS[C@H]2c2ccc(NC(=O)c3ccccc3C)cc2)c1. The van der Waals surface area contributed by atoms with Crippen molar-refractivity contribution < 1.29 is 14.0 Å². The largest absolute Gasteiger partial charge is 0.322 e. The van der Waals surface area contributed by atoms with Crippen LogP contribution in [-0.4, -0.2) is 17.6 Å². The van der Waals surface area contributed by atoms with Crippen molar-refractivity contribution in [1.29, 1.82) is 0 Å². The van der Waals surface area contributed by atoms with E-state index in [1.54, 1.807) is 30.3 Å². The summed E-state index contributed by atoms with van der Waals surface area (Å²) in [6.07, 6.45) is 0. The molecule has 30 heavy (non-hydrogen) atoms. The zero-order valence-corrected chi connectivity index (χ0v) is 17.5. The van der Waals surface area contributed by atoms with Crippen LogP contribution in [0.1, 0.15) is 32.4 Å². The number of amides is 2. The number of rotatable bonds is 4. The average Bonchev–Trinajstić information content (AvgIpc) is 3.12. The van der Waals surface area contributed by atoms with Crippen LogP contribution in [0.3, 0.4) is 0 Å².